The van der Waals surface area contributed by atoms with Gasteiger partial charge in [0.15, 0.2) is 0 Å². The molecule has 13 aliphatic rings. The van der Waals surface area contributed by atoms with Crippen molar-refractivity contribution >= 4 is 130 Å². The lowest BCUT2D eigenvalue weighted by molar-refractivity contribution is -0.151. The smallest absolute Gasteiger partial charge is 0.326 e. The summed E-state index contributed by atoms with van der Waals surface area (Å²) < 4.78 is 0. The zero-order valence-corrected chi connectivity index (χ0v) is 73.4. The van der Waals surface area contributed by atoms with Crippen molar-refractivity contribution in [3.8, 4) is 0 Å². The van der Waals surface area contributed by atoms with Gasteiger partial charge in [-0.3, -0.25) is 91.1 Å². The number of carbonyl (C=O) groups is 20. The van der Waals surface area contributed by atoms with Crippen LogP contribution < -0.4 is 42.5 Å². The molecule has 0 saturated carbocycles. The number of carboxylic acids is 1. The Labute approximate surface area is 752 Å². The van der Waals surface area contributed by atoms with Crippen molar-refractivity contribution in [3.05, 3.63) is 0 Å². The second-order valence-corrected chi connectivity index (χ2v) is 37.0. The Bertz CT molecular complexity index is 4370. The van der Waals surface area contributed by atoms with Gasteiger partial charge in [-0.05, 0) is 115 Å². The molecule has 20 atom stereocenters. The highest BCUT2D eigenvalue weighted by Gasteiger charge is 2.54. The van der Waals surface area contributed by atoms with Crippen LogP contribution in [-0.4, -0.2) is 470 Å². The number of aliphatic hydroxyl groups excluding tert-OH is 6. The van der Waals surface area contributed by atoms with Crippen LogP contribution in [-0.2, 0) is 95.9 Å². The van der Waals surface area contributed by atoms with E-state index in [0.717, 1.165) is 35.8 Å². The van der Waals surface area contributed by atoms with E-state index in [0.29, 0.717) is 63.7 Å². The van der Waals surface area contributed by atoms with E-state index in [2.05, 4.69) is 42.5 Å². The topological polar surface area (TPSA) is 618 Å². The lowest BCUT2D eigenvalue weighted by Gasteiger charge is -2.32. The number of nitrogens with zero attached hydrogens (tertiary/aromatic N) is 12. The zero-order valence-electron chi connectivity index (χ0n) is 72.6. The van der Waals surface area contributed by atoms with Crippen LogP contribution in [0.2, 0.25) is 0 Å². The summed E-state index contributed by atoms with van der Waals surface area (Å²) in [5, 5.41) is 95.2. The van der Waals surface area contributed by atoms with E-state index >= 15 is 0 Å². The van der Waals surface area contributed by atoms with Gasteiger partial charge in [-0.2, -0.15) is 11.8 Å². The quantitative estimate of drug-likeness (QED) is 0.0318. The number of carboxylic acid groups (broad SMARTS) is 1. The highest BCUT2D eigenvalue weighted by Crippen LogP contribution is 2.34. The van der Waals surface area contributed by atoms with Crippen molar-refractivity contribution in [3.63, 3.8) is 0 Å². The molecule has 13 rings (SSSR count). The van der Waals surface area contributed by atoms with Crippen LogP contribution in [0.5, 0.6) is 0 Å². The molecular weight excluding hydrogens is 1730 g/mol. The molecule has 19 amide bonds. The maximum absolute atomic E-state index is 14.5. The summed E-state index contributed by atoms with van der Waals surface area (Å²) in [5.41, 5.74) is 0. The molecule has 48 heteroatoms. The Kier molecular flexibility index (Phi) is 31.9. The molecule has 0 aromatic rings. The third kappa shape index (κ3) is 21.8. The van der Waals surface area contributed by atoms with Crippen LogP contribution in [0.3, 0.4) is 0 Å². The summed E-state index contributed by atoms with van der Waals surface area (Å²) in [4.78, 5) is 291. The van der Waals surface area contributed by atoms with Crippen molar-refractivity contribution in [2.75, 3.05) is 136 Å². The Hall–Kier alpha value is -10.5. The molecule has 13 heterocycles. The summed E-state index contributed by atoms with van der Waals surface area (Å²) >= 11 is 1.48. The second kappa shape index (κ2) is 42.8. The highest BCUT2D eigenvalue weighted by atomic mass is 32.2. The molecule has 0 unspecified atom stereocenters. The molecule has 13 fully saturated rings. The van der Waals surface area contributed by atoms with Crippen LogP contribution >= 0.6 is 11.8 Å². The predicted molar refractivity (Wildman–Crippen MR) is 447 cm³/mol. The number of thioether (sulfide) groups is 1. The minimum absolute atomic E-state index is 0.0382. The van der Waals surface area contributed by atoms with Crippen molar-refractivity contribution in [1.82, 2.24) is 101 Å². The SMILES string of the molecule is CSCC[C@H](NC(=O)[C@@H]1CCCN1)C(=O)NCC(=O)N1CCC[C@H]1C(=O)N1C[C@H](O)C[C@H]1C(=O)NCC(=O)N1CCC[C@H]1C(=O)N1C[C@H](O)C[C@H]1C(=O)NCC(=O)N1CCC[C@H]1C(=O)N1C[C@H](O)C[C@H]1C(=O)NCC(=O)N1CCC[C@H]1C(=O)N1C[C@H](O)C[C@H]1C(=O)NCC(=O)N1CCC[C@H]1C(=O)N1C[C@H](O)C[C@H]1C(=O)NCC(=O)N1CCC[C@H]1C(=O)N1C[C@H](O)C[C@H]1C(=O)O. The number of nitrogens with one attached hydrogen (secondary N) is 8. The Morgan fingerprint density at radius 1 is 0.300 bits per heavy atom. The molecule has 0 aromatic heterocycles. The predicted octanol–water partition coefficient (Wildman–Crippen LogP) is -11.5. The summed E-state index contributed by atoms with van der Waals surface area (Å²) in [7, 11) is 0. The average molecular weight is 1850 g/mol. The molecule has 716 valence electrons. The lowest BCUT2D eigenvalue weighted by atomic mass is 10.1. The largest absolute Gasteiger partial charge is 0.480 e. The van der Waals surface area contributed by atoms with Crippen molar-refractivity contribution in [2.24, 2.45) is 0 Å². The van der Waals surface area contributed by atoms with Gasteiger partial charge in [0.2, 0.25) is 112 Å². The van der Waals surface area contributed by atoms with E-state index in [4.69, 9.17) is 0 Å². The number of aliphatic carboxylic acids is 1. The Balaban J connectivity index is 0.538. The summed E-state index contributed by atoms with van der Waals surface area (Å²) in [6, 6.07) is -15.9. The first-order valence-electron chi connectivity index (χ1n) is 45.2. The molecule has 47 nitrogen and oxygen atoms in total. The van der Waals surface area contributed by atoms with Gasteiger partial charge in [0, 0.05) is 117 Å². The van der Waals surface area contributed by atoms with Crippen molar-refractivity contribution in [2.45, 2.75) is 256 Å². The number of hydrogen-bond donors (Lipinski definition) is 15. The fourth-order valence-electron chi connectivity index (χ4n) is 20.9. The summed E-state index contributed by atoms with van der Waals surface area (Å²) in [6.07, 6.45) is -1.68. The molecule has 0 spiro atoms. The molecular formula is C82H120N20O27S. The standard InChI is InChI=1S/C82H120N20O27S/c1-130-24-16-50(90-70(116)49-9-2-17-83-49)69(115)84-31-63(109)91-18-3-10-51(91)76(122)97-37-43(103)25-57(97)71(117)85-32-64(110)92-19-4-11-52(92)77(123)98-38-44(104)26-58(98)72(118)86-33-65(111)93-20-5-12-53(93)78(124)99-39-45(105)27-59(99)73(119)87-34-66(112)94-21-6-13-54(94)79(125)100-40-46(106)28-60(100)74(120)88-35-67(113)95-22-7-14-55(95)80(126)101-41-47(107)29-61(101)75(121)89-36-68(114)96-23-8-15-56(96)81(127)102-42-48(108)30-62(102)82(128)129/h43-62,83,103-108H,2-42H2,1H3,(H,84,115)(H,85,117)(H,86,118)(H,87,119)(H,88,120)(H,89,121)(H,90,116)(H,128,129)/t43-,44-,45-,46-,47-,48-,49+,50+,51+,52+,53+,54+,55+,56+,57+,58+,59+,60+,61+,62+/m1/s1. The van der Waals surface area contributed by atoms with E-state index in [9.17, 15) is 132 Å². The minimum atomic E-state index is -1.35. The second-order valence-electron chi connectivity index (χ2n) is 36.0. The van der Waals surface area contributed by atoms with E-state index < -0.39 is 273 Å². The summed E-state index contributed by atoms with van der Waals surface area (Å²) in [6.45, 7) is -4.37. The van der Waals surface area contributed by atoms with Crippen LogP contribution in [0.1, 0.15) is 135 Å². The number of amides is 19. The van der Waals surface area contributed by atoms with Crippen LogP contribution in [0, 0.1) is 0 Å². The highest BCUT2D eigenvalue weighted by molar-refractivity contribution is 7.98. The van der Waals surface area contributed by atoms with E-state index in [-0.39, 0.29) is 161 Å². The van der Waals surface area contributed by atoms with Crippen LogP contribution in [0.15, 0.2) is 0 Å². The molecule has 0 aliphatic carbocycles. The third-order valence-corrected chi connectivity index (χ3v) is 28.1. The van der Waals surface area contributed by atoms with Gasteiger partial charge >= 0.3 is 5.97 Å². The van der Waals surface area contributed by atoms with E-state index in [1.165, 1.54) is 41.2 Å². The maximum Gasteiger partial charge on any atom is 0.326 e. The van der Waals surface area contributed by atoms with Gasteiger partial charge in [0.1, 0.15) is 78.5 Å². The molecule has 130 heavy (non-hydrogen) atoms. The fraction of sp³-hybridized carbons (Fsp3) is 0.756. The monoisotopic (exact) mass is 1850 g/mol. The number of rotatable bonds is 30. The first-order chi connectivity index (χ1) is 62.1. The normalized spacial score (nSPS) is 30.3. The Morgan fingerprint density at radius 2 is 0.531 bits per heavy atom. The van der Waals surface area contributed by atoms with Gasteiger partial charge in [0.05, 0.1) is 81.9 Å². The van der Waals surface area contributed by atoms with Crippen molar-refractivity contribution in [1.29, 1.82) is 0 Å². The van der Waals surface area contributed by atoms with Gasteiger partial charge < -0.3 is 137 Å². The maximum atomic E-state index is 14.5. The molecule has 0 radical (unpaired) electrons. The molecule has 13 aliphatic heterocycles. The minimum Gasteiger partial charge on any atom is -0.480 e. The zero-order chi connectivity index (χ0) is 93.4. The lowest BCUT2D eigenvalue weighted by Crippen LogP contribution is -2.57. The first kappa shape index (κ1) is 97.0. The number of likely N-dealkylation sites (tertiary alicyclic amines) is 12. The molecule has 0 aromatic carbocycles. The van der Waals surface area contributed by atoms with Gasteiger partial charge in [-0.1, -0.05) is 0 Å². The third-order valence-electron chi connectivity index (χ3n) is 27.4. The van der Waals surface area contributed by atoms with Crippen LogP contribution in [0.4, 0.5) is 0 Å². The van der Waals surface area contributed by atoms with Crippen LogP contribution in [0.25, 0.3) is 0 Å². The van der Waals surface area contributed by atoms with Gasteiger partial charge in [-0.25, -0.2) is 4.79 Å². The molecule has 0 bridgehead atoms. The molecule has 13 saturated heterocycles. The van der Waals surface area contributed by atoms with Crippen molar-refractivity contribution < 1.29 is 132 Å². The number of hydrogen-bond acceptors (Lipinski definition) is 28. The Morgan fingerprint density at radius 3 is 0.754 bits per heavy atom. The number of aliphatic hydroxyl groups is 6. The van der Waals surface area contributed by atoms with Gasteiger partial charge in [0.25, 0.3) is 0 Å². The molecule has 15 N–H and O–H groups in total. The van der Waals surface area contributed by atoms with Gasteiger partial charge in [-0.15, -0.1) is 0 Å². The van der Waals surface area contributed by atoms with E-state index in [1.54, 1.807) is 0 Å². The fourth-order valence-corrected chi connectivity index (χ4v) is 21.4. The average Bonchev–Trinajstić information content (AvgIpc) is 1.66. The number of β-amino-alcohol motifs (C(OH)–C–C–N with tert-alkyl or cyclic N) is 6. The van der Waals surface area contributed by atoms with E-state index in [1.807, 2.05) is 6.26 Å². The number of carbonyl (C=O) groups excluding carboxylic acids is 19. The first-order valence-corrected chi connectivity index (χ1v) is 46.6. The summed E-state index contributed by atoms with van der Waals surface area (Å²) in [5.74, 6) is -14.0.